The number of fused-ring (bicyclic) bond motifs is 1. The number of urea groups is 1. The maximum absolute atomic E-state index is 12.6. The van der Waals surface area contributed by atoms with Crippen LogP contribution in [0.1, 0.15) is 13.8 Å². The van der Waals surface area contributed by atoms with Crippen LogP contribution in [0.15, 0.2) is 65.6 Å². The van der Waals surface area contributed by atoms with Gasteiger partial charge in [0.1, 0.15) is 0 Å². The zero-order valence-corrected chi connectivity index (χ0v) is 14.3. The third-order valence-electron chi connectivity index (χ3n) is 3.84. The third-order valence-corrected chi connectivity index (χ3v) is 3.84. The van der Waals surface area contributed by atoms with Gasteiger partial charge in [0.25, 0.3) is 5.56 Å². The molecule has 5 nitrogen and oxygen atoms in total. The van der Waals surface area contributed by atoms with Gasteiger partial charge in [0.2, 0.25) is 0 Å². The minimum atomic E-state index is -0.342. The highest BCUT2D eigenvalue weighted by atomic mass is 16.2. The molecule has 0 bridgehead atoms. The summed E-state index contributed by atoms with van der Waals surface area (Å²) in [6.45, 7) is 4.70. The average molecular weight is 335 g/mol. The van der Waals surface area contributed by atoms with E-state index in [-0.39, 0.29) is 11.6 Å². The number of hydrogen-bond acceptors (Lipinski definition) is 2. The van der Waals surface area contributed by atoms with Crippen LogP contribution in [0.4, 0.5) is 16.2 Å². The van der Waals surface area contributed by atoms with Gasteiger partial charge in [-0.05, 0) is 24.1 Å². The number of nitrogens with zero attached hydrogens (tertiary/aromatic N) is 1. The maximum atomic E-state index is 12.6. The average Bonchev–Trinajstić information content (AvgIpc) is 2.59. The largest absolute Gasteiger partial charge is 0.323 e. The van der Waals surface area contributed by atoms with Gasteiger partial charge >= 0.3 is 6.03 Å². The number of benzene rings is 2. The number of amides is 2. The Morgan fingerprint density at radius 2 is 1.60 bits per heavy atom. The summed E-state index contributed by atoms with van der Waals surface area (Å²) in [5.74, 6) is 0.324. The summed E-state index contributed by atoms with van der Waals surface area (Å²) in [5.41, 5.74) is 1.28. The van der Waals surface area contributed by atoms with Gasteiger partial charge in [-0.25, -0.2) is 4.79 Å². The Bertz CT molecular complexity index is 946. The number of rotatable bonds is 4. The second-order valence-electron chi connectivity index (χ2n) is 6.38. The molecule has 5 heteroatoms. The van der Waals surface area contributed by atoms with Gasteiger partial charge in [0, 0.05) is 29.2 Å². The first-order chi connectivity index (χ1) is 12.0. The van der Waals surface area contributed by atoms with Gasteiger partial charge in [-0.1, -0.05) is 50.2 Å². The second kappa shape index (κ2) is 7.21. The lowest BCUT2D eigenvalue weighted by molar-refractivity contribution is 0.262. The Morgan fingerprint density at radius 1 is 0.960 bits per heavy atom. The SMILES string of the molecule is CC(C)Cn1cc(NC(=O)Nc2ccccc2)c2ccccc2c1=O. The van der Waals surface area contributed by atoms with E-state index in [0.717, 1.165) is 5.39 Å². The second-order valence-corrected chi connectivity index (χ2v) is 6.38. The van der Waals surface area contributed by atoms with Gasteiger partial charge in [0.05, 0.1) is 5.69 Å². The van der Waals surface area contributed by atoms with Crippen molar-refractivity contribution in [2.45, 2.75) is 20.4 Å². The van der Waals surface area contributed by atoms with Gasteiger partial charge < -0.3 is 15.2 Å². The molecule has 0 radical (unpaired) electrons. The molecular formula is C20H21N3O2. The molecule has 1 heterocycles. The molecule has 2 amide bonds. The summed E-state index contributed by atoms with van der Waals surface area (Å²) in [7, 11) is 0. The molecule has 0 saturated carbocycles. The Kier molecular flexibility index (Phi) is 4.84. The van der Waals surface area contributed by atoms with Crippen molar-refractivity contribution >= 4 is 28.2 Å². The molecule has 3 rings (SSSR count). The summed E-state index contributed by atoms with van der Waals surface area (Å²) in [6, 6.07) is 16.2. The molecule has 2 aromatic carbocycles. The highest BCUT2D eigenvalue weighted by Crippen LogP contribution is 2.21. The fourth-order valence-corrected chi connectivity index (χ4v) is 2.78. The molecular weight excluding hydrogens is 314 g/mol. The van der Waals surface area contributed by atoms with Crippen molar-refractivity contribution in [2.75, 3.05) is 10.6 Å². The predicted molar refractivity (Wildman–Crippen MR) is 102 cm³/mol. The first kappa shape index (κ1) is 16.8. The van der Waals surface area contributed by atoms with Gasteiger partial charge in [-0.2, -0.15) is 0 Å². The number of para-hydroxylation sites is 1. The molecule has 128 valence electrons. The summed E-state index contributed by atoms with van der Waals surface area (Å²) in [4.78, 5) is 25.0. The monoisotopic (exact) mass is 335 g/mol. The molecule has 0 aliphatic heterocycles. The van der Waals surface area contributed by atoms with Gasteiger partial charge in [-0.3, -0.25) is 4.79 Å². The number of carbonyl (C=O) groups is 1. The lowest BCUT2D eigenvalue weighted by atomic mass is 10.1. The summed E-state index contributed by atoms with van der Waals surface area (Å²) in [6.07, 6.45) is 1.72. The van der Waals surface area contributed by atoms with Crippen LogP contribution >= 0.6 is 0 Å². The van der Waals surface area contributed by atoms with Crippen molar-refractivity contribution in [3.8, 4) is 0 Å². The molecule has 0 aliphatic carbocycles. The van der Waals surface area contributed by atoms with E-state index in [0.29, 0.717) is 29.2 Å². The fraction of sp³-hybridized carbons (Fsp3) is 0.200. The Morgan fingerprint density at radius 3 is 2.28 bits per heavy atom. The van der Waals surface area contributed by atoms with Crippen molar-refractivity contribution in [1.82, 2.24) is 4.57 Å². The fourth-order valence-electron chi connectivity index (χ4n) is 2.78. The quantitative estimate of drug-likeness (QED) is 0.746. The van der Waals surface area contributed by atoms with Crippen LogP contribution < -0.4 is 16.2 Å². The molecule has 0 saturated heterocycles. The highest BCUT2D eigenvalue weighted by Gasteiger charge is 2.12. The molecule has 3 aromatic rings. The summed E-state index contributed by atoms with van der Waals surface area (Å²) < 4.78 is 1.66. The molecule has 25 heavy (non-hydrogen) atoms. The van der Waals surface area contributed by atoms with Crippen molar-refractivity contribution in [2.24, 2.45) is 5.92 Å². The molecule has 2 N–H and O–H groups in total. The van der Waals surface area contributed by atoms with E-state index in [2.05, 4.69) is 24.5 Å². The summed E-state index contributed by atoms with van der Waals surface area (Å²) >= 11 is 0. The number of hydrogen-bond donors (Lipinski definition) is 2. The van der Waals surface area contributed by atoms with E-state index in [4.69, 9.17) is 0 Å². The number of nitrogens with one attached hydrogen (secondary N) is 2. The zero-order chi connectivity index (χ0) is 17.8. The van der Waals surface area contributed by atoms with E-state index in [9.17, 15) is 9.59 Å². The van der Waals surface area contributed by atoms with Crippen molar-refractivity contribution in [3.05, 3.63) is 71.1 Å². The molecule has 0 fully saturated rings. The Labute approximate surface area is 146 Å². The molecule has 1 aromatic heterocycles. The van der Waals surface area contributed by atoms with E-state index in [1.165, 1.54) is 0 Å². The normalized spacial score (nSPS) is 10.8. The minimum absolute atomic E-state index is 0.0432. The van der Waals surface area contributed by atoms with Crippen molar-refractivity contribution in [1.29, 1.82) is 0 Å². The van der Waals surface area contributed by atoms with Gasteiger partial charge in [0.15, 0.2) is 0 Å². The molecule has 0 spiro atoms. The standard InChI is InChI=1S/C20H21N3O2/c1-14(2)12-23-13-18(16-10-6-7-11-17(16)19(23)24)22-20(25)21-15-8-4-3-5-9-15/h3-11,13-14H,12H2,1-2H3,(H2,21,22,25). The molecule has 0 atom stereocenters. The molecule has 0 aliphatic rings. The Hall–Kier alpha value is -3.08. The highest BCUT2D eigenvalue weighted by molar-refractivity contribution is 6.05. The summed E-state index contributed by atoms with van der Waals surface area (Å²) in [5, 5.41) is 6.99. The predicted octanol–water partition coefficient (Wildman–Crippen LogP) is 4.30. The number of carbonyl (C=O) groups excluding carboxylic acids is 1. The zero-order valence-electron chi connectivity index (χ0n) is 14.3. The number of aromatic nitrogens is 1. The maximum Gasteiger partial charge on any atom is 0.323 e. The smallest absolute Gasteiger partial charge is 0.313 e. The van der Waals surface area contributed by atoms with E-state index >= 15 is 0 Å². The van der Waals surface area contributed by atoms with Crippen LogP contribution in [0.5, 0.6) is 0 Å². The van der Waals surface area contributed by atoms with Gasteiger partial charge in [-0.15, -0.1) is 0 Å². The Balaban J connectivity index is 1.95. The lowest BCUT2D eigenvalue weighted by Gasteiger charge is -2.15. The molecule has 0 unspecified atom stereocenters. The number of pyridine rings is 1. The topological polar surface area (TPSA) is 63.1 Å². The van der Waals surface area contributed by atoms with E-state index in [1.807, 2.05) is 48.5 Å². The van der Waals surface area contributed by atoms with Crippen LogP contribution in [-0.2, 0) is 6.54 Å². The van der Waals surface area contributed by atoms with Crippen LogP contribution in [0, 0.1) is 5.92 Å². The number of anilines is 2. The van der Waals surface area contributed by atoms with Crippen molar-refractivity contribution in [3.63, 3.8) is 0 Å². The van der Waals surface area contributed by atoms with E-state index in [1.54, 1.807) is 16.8 Å². The van der Waals surface area contributed by atoms with E-state index < -0.39 is 0 Å². The van der Waals surface area contributed by atoms with Crippen LogP contribution in [0.25, 0.3) is 10.8 Å². The van der Waals surface area contributed by atoms with Crippen molar-refractivity contribution < 1.29 is 4.79 Å². The van der Waals surface area contributed by atoms with Crippen LogP contribution in [0.3, 0.4) is 0 Å². The van der Waals surface area contributed by atoms with Crippen LogP contribution in [-0.4, -0.2) is 10.6 Å². The van der Waals surface area contributed by atoms with Crippen LogP contribution in [0.2, 0.25) is 0 Å². The first-order valence-corrected chi connectivity index (χ1v) is 8.30. The third kappa shape index (κ3) is 3.88. The minimum Gasteiger partial charge on any atom is -0.313 e. The lowest BCUT2D eigenvalue weighted by Crippen LogP contribution is -2.25. The first-order valence-electron chi connectivity index (χ1n) is 8.30.